The van der Waals surface area contributed by atoms with Crippen molar-refractivity contribution in [3.05, 3.63) is 59.5 Å². The summed E-state index contributed by atoms with van der Waals surface area (Å²) in [5.74, 6) is 1.22. The third kappa shape index (κ3) is 4.09. The lowest BCUT2D eigenvalue weighted by atomic mass is 10.0. The van der Waals surface area contributed by atoms with E-state index < -0.39 is 0 Å². The molecule has 0 saturated heterocycles. The van der Waals surface area contributed by atoms with Crippen LogP contribution in [-0.4, -0.2) is 27.1 Å². The van der Waals surface area contributed by atoms with Crippen molar-refractivity contribution in [2.45, 2.75) is 19.9 Å². The number of fused-ring (bicyclic) bond motifs is 1. The number of rotatable bonds is 6. The van der Waals surface area contributed by atoms with Gasteiger partial charge in [-0.1, -0.05) is 31.5 Å². The van der Waals surface area contributed by atoms with Crippen LogP contribution in [0.4, 0.5) is 0 Å². The van der Waals surface area contributed by atoms with E-state index >= 15 is 0 Å². The number of hydrogen-bond acceptors (Lipinski definition) is 4. The van der Waals surface area contributed by atoms with E-state index in [0.717, 1.165) is 5.65 Å². The summed E-state index contributed by atoms with van der Waals surface area (Å²) in [6.45, 7) is 3.96. The minimum atomic E-state index is -0.265. The molecular weight excluding hydrogens is 340 g/mol. The second kappa shape index (κ2) is 7.53. The Morgan fingerprint density at radius 1 is 1.20 bits per heavy atom. The fourth-order valence-corrected chi connectivity index (χ4v) is 2.62. The Bertz CT molecular complexity index is 861. The summed E-state index contributed by atoms with van der Waals surface area (Å²) in [5, 5.41) is 12.0. The van der Waals surface area contributed by atoms with Crippen molar-refractivity contribution in [3.63, 3.8) is 0 Å². The largest absolute Gasteiger partial charge is 0.484 e. The van der Waals surface area contributed by atoms with Crippen molar-refractivity contribution >= 4 is 23.2 Å². The van der Waals surface area contributed by atoms with Crippen molar-refractivity contribution in [1.29, 1.82) is 0 Å². The third-order valence-electron chi connectivity index (χ3n) is 3.78. The van der Waals surface area contributed by atoms with Gasteiger partial charge in [-0.3, -0.25) is 9.20 Å². The van der Waals surface area contributed by atoms with E-state index in [0.29, 0.717) is 16.6 Å². The van der Waals surface area contributed by atoms with Crippen molar-refractivity contribution < 1.29 is 9.53 Å². The highest BCUT2D eigenvalue weighted by molar-refractivity contribution is 6.30. The Labute approximate surface area is 150 Å². The molecule has 2 aromatic heterocycles. The average Bonchev–Trinajstić information content (AvgIpc) is 3.03. The minimum Gasteiger partial charge on any atom is -0.484 e. The molecule has 0 aliphatic heterocycles. The van der Waals surface area contributed by atoms with Crippen LogP contribution in [-0.2, 0) is 4.79 Å². The monoisotopic (exact) mass is 358 g/mol. The first kappa shape index (κ1) is 17.2. The average molecular weight is 359 g/mol. The Kier molecular flexibility index (Phi) is 5.19. The third-order valence-corrected chi connectivity index (χ3v) is 4.04. The van der Waals surface area contributed by atoms with Crippen LogP contribution in [0.3, 0.4) is 0 Å². The van der Waals surface area contributed by atoms with Crippen LogP contribution in [0.2, 0.25) is 5.02 Å². The normalized spacial score (nSPS) is 12.3. The lowest BCUT2D eigenvalue weighted by Crippen LogP contribution is -2.36. The van der Waals surface area contributed by atoms with Gasteiger partial charge in [-0.05, 0) is 42.3 Å². The Morgan fingerprint density at radius 2 is 1.96 bits per heavy atom. The molecule has 0 unspecified atom stereocenters. The van der Waals surface area contributed by atoms with Crippen LogP contribution >= 0.6 is 11.6 Å². The number of nitrogens with one attached hydrogen (secondary N) is 1. The highest BCUT2D eigenvalue weighted by Gasteiger charge is 2.23. The number of amides is 1. The van der Waals surface area contributed by atoms with E-state index in [1.165, 1.54) is 0 Å². The van der Waals surface area contributed by atoms with Gasteiger partial charge in [-0.2, -0.15) is 0 Å². The molecular formula is C18H19ClN4O2. The smallest absolute Gasteiger partial charge is 0.258 e. The molecule has 3 aromatic rings. The van der Waals surface area contributed by atoms with Crippen molar-refractivity contribution in [1.82, 2.24) is 19.9 Å². The second-order valence-corrected chi connectivity index (χ2v) is 6.46. The molecule has 1 aromatic carbocycles. The number of aromatic nitrogens is 3. The predicted octanol–water partition coefficient (Wildman–Crippen LogP) is 3.28. The summed E-state index contributed by atoms with van der Waals surface area (Å²) >= 11 is 5.83. The summed E-state index contributed by atoms with van der Waals surface area (Å²) in [5.41, 5.74) is 0.745. The van der Waals surface area contributed by atoms with Gasteiger partial charge in [0.2, 0.25) is 0 Å². The molecule has 6 nitrogen and oxygen atoms in total. The fraction of sp³-hybridized carbons (Fsp3) is 0.278. The van der Waals surface area contributed by atoms with E-state index in [1.54, 1.807) is 24.3 Å². The van der Waals surface area contributed by atoms with Gasteiger partial charge in [0.15, 0.2) is 18.1 Å². The molecule has 130 valence electrons. The highest BCUT2D eigenvalue weighted by Crippen LogP contribution is 2.21. The van der Waals surface area contributed by atoms with E-state index in [9.17, 15) is 4.79 Å². The van der Waals surface area contributed by atoms with Gasteiger partial charge < -0.3 is 10.1 Å². The Hall–Kier alpha value is -2.60. The molecule has 0 aliphatic carbocycles. The van der Waals surface area contributed by atoms with Crippen molar-refractivity contribution in [2.75, 3.05) is 6.61 Å². The number of pyridine rings is 1. The van der Waals surface area contributed by atoms with E-state index in [1.807, 2.05) is 42.6 Å². The fourth-order valence-electron chi connectivity index (χ4n) is 2.50. The molecule has 0 saturated carbocycles. The molecule has 3 rings (SSSR count). The van der Waals surface area contributed by atoms with Gasteiger partial charge in [-0.25, -0.2) is 0 Å². The van der Waals surface area contributed by atoms with Crippen LogP contribution < -0.4 is 10.1 Å². The molecule has 0 fully saturated rings. The predicted molar refractivity (Wildman–Crippen MR) is 95.7 cm³/mol. The van der Waals surface area contributed by atoms with Gasteiger partial charge in [0.1, 0.15) is 5.75 Å². The molecule has 1 atom stereocenters. The van der Waals surface area contributed by atoms with E-state index in [-0.39, 0.29) is 24.5 Å². The number of halogens is 1. The topological polar surface area (TPSA) is 68.5 Å². The van der Waals surface area contributed by atoms with Gasteiger partial charge in [0.05, 0.1) is 6.04 Å². The first-order valence-electron chi connectivity index (χ1n) is 8.02. The summed E-state index contributed by atoms with van der Waals surface area (Å²) in [7, 11) is 0. The van der Waals surface area contributed by atoms with Gasteiger partial charge in [-0.15, -0.1) is 10.2 Å². The lowest BCUT2D eigenvalue weighted by molar-refractivity contribution is -0.124. The number of benzene rings is 1. The number of carbonyl (C=O) groups excluding carboxylic acids is 1. The molecule has 0 spiro atoms. The van der Waals surface area contributed by atoms with Crippen LogP contribution in [0.15, 0.2) is 48.7 Å². The number of ether oxygens (including phenoxy) is 1. The quantitative estimate of drug-likeness (QED) is 0.734. The molecule has 1 N–H and O–H groups in total. The SMILES string of the molecule is CC(C)[C@H](NC(=O)COc1ccc(Cl)cc1)c1nnc2ccccn12. The second-order valence-electron chi connectivity index (χ2n) is 6.02. The van der Waals surface area contributed by atoms with Crippen molar-refractivity contribution in [3.8, 4) is 5.75 Å². The van der Waals surface area contributed by atoms with Crippen LogP contribution in [0.25, 0.3) is 5.65 Å². The molecule has 2 heterocycles. The summed E-state index contributed by atoms with van der Waals surface area (Å²) in [4.78, 5) is 12.3. The molecule has 25 heavy (non-hydrogen) atoms. The maximum absolute atomic E-state index is 12.3. The zero-order valence-corrected chi connectivity index (χ0v) is 14.8. The van der Waals surface area contributed by atoms with Gasteiger partial charge in [0, 0.05) is 11.2 Å². The van der Waals surface area contributed by atoms with E-state index in [4.69, 9.17) is 16.3 Å². The first-order chi connectivity index (χ1) is 12.0. The zero-order chi connectivity index (χ0) is 17.8. The summed E-state index contributed by atoms with van der Waals surface area (Å²) in [6, 6.07) is 12.3. The van der Waals surface area contributed by atoms with Gasteiger partial charge in [0.25, 0.3) is 5.91 Å². The first-order valence-corrected chi connectivity index (χ1v) is 8.40. The lowest BCUT2D eigenvalue weighted by Gasteiger charge is -2.21. The molecule has 0 bridgehead atoms. The van der Waals surface area contributed by atoms with Crippen LogP contribution in [0, 0.1) is 5.92 Å². The molecule has 0 aliphatic rings. The minimum absolute atomic E-state index is 0.0818. The standard InChI is InChI=1S/C18H19ClN4O2/c1-12(2)17(18-22-21-15-5-3-4-10-23(15)18)20-16(24)11-25-14-8-6-13(19)7-9-14/h3-10,12,17H,11H2,1-2H3,(H,20,24)/t17-/m0/s1. The zero-order valence-electron chi connectivity index (χ0n) is 14.0. The highest BCUT2D eigenvalue weighted by atomic mass is 35.5. The number of hydrogen-bond donors (Lipinski definition) is 1. The Morgan fingerprint density at radius 3 is 2.68 bits per heavy atom. The maximum atomic E-state index is 12.3. The Balaban J connectivity index is 1.69. The number of carbonyl (C=O) groups is 1. The number of nitrogens with zero attached hydrogens (tertiary/aromatic N) is 3. The van der Waals surface area contributed by atoms with Gasteiger partial charge >= 0.3 is 0 Å². The van der Waals surface area contributed by atoms with Crippen molar-refractivity contribution in [2.24, 2.45) is 5.92 Å². The summed E-state index contributed by atoms with van der Waals surface area (Å²) < 4.78 is 7.37. The maximum Gasteiger partial charge on any atom is 0.258 e. The molecule has 7 heteroatoms. The molecule has 0 radical (unpaired) electrons. The summed E-state index contributed by atoms with van der Waals surface area (Å²) in [6.07, 6.45) is 1.89. The van der Waals surface area contributed by atoms with Crippen LogP contribution in [0.1, 0.15) is 25.7 Å². The van der Waals surface area contributed by atoms with E-state index in [2.05, 4.69) is 15.5 Å². The van der Waals surface area contributed by atoms with Crippen LogP contribution in [0.5, 0.6) is 5.75 Å². The molecule has 1 amide bonds.